The molecular formula is C25H26O3. The van der Waals surface area contributed by atoms with Crippen molar-refractivity contribution in [2.45, 2.75) is 32.6 Å². The van der Waals surface area contributed by atoms with Gasteiger partial charge in [0.15, 0.2) is 6.61 Å². The van der Waals surface area contributed by atoms with E-state index in [4.69, 9.17) is 9.47 Å². The van der Waals surface area contributed by atoms with Crippen LogP contribution in [0.15, 0.2) is 78.9 Å². The summed E-state index contributed by atoms with van der Waals surface area (Å²) < 4.78 is 10.9. The maximum absolute atomic E-state index is 12.1. The molecule has 0 heterocycles. The second kappa shape index (κ2) is 8.75. The van der Waals surface area contributed by atoms with E-state index in [1.807, 2.05) is 66.7 Å². The fraction of sp³-hybridized carbons (Fsp3) is 0.240. The molecule has 144 valence electrons. The van der Waals surface area contributed by atoms with Gasteiger partial charge in [-0.05, 0) is 52.8 Å². The Balaban J connectivity index is 1.53. The molecule has 3 nitrogen and oxygen atoms in total. The quantitative estimate of drug-likeness (QED) is 0.374. The maximum Gasteiger partial charge on any atom is 0.349 e. The molecule has 3 aromatic carbocycles. The molecule has 3 rings (SSSR count). The number of carbonyl (C=O) groups is 1. The van der Waals surface area contributed by atoms with Crippen molar-refractivity contribution in [1.82, 2.24) is 0 Å². The van der Waals surface area contributed by atoms with E-state index in [2.05, 4.69) is 32.9 Å². The maximum atomic E-state index is 12.1. The monoisotopic (exact) mass is 374 g/mol. The first kappa shape index (κ1) is 19.7. The summed E-state index contributed by atoms with van der Waals surface area (Å²) in [6.45, 7) is 6.43. The molecule has 0 aliphatic heterocycles. The molecule has 3 heteroatoms. The Kier molecular flexibility index (Phi) is 6.15. The van der Waals surface area contributed by atoms with E-state index < -0.39 is 5.97 Å². The van der Waals surface area contributed by atoms with E-state index in [1.54, 1.807) is 0 Å². The molecule has 0 aliphatic rings. The first-order valence-corrected chi connectivity index (χ1v) is 9.57. The first-order valence-electron chi connectivity index (χ1n) is 9.57. The van der Waals surface area contributed by atoms with Gasteiger partial charge in [-0.15, -0.1) is 0 Å². The van der Waals surface area contributed by atoms with Crippen molar-refractivity contribution in [3.8, 4) is 22.6 Å². The van der Waals surface area contributed by atoms with Gasteiger partial charge < -0.3 is 9.47 Å². The molecule has 0 radical (unpaired) electrons. The van der Waals surface area contributed by atoms with Gasteiger partial charge >= 0.3 is 5.97 Å². The minimum atomic E-state index is -0.422. The van der Waals surface area contributed by atoms with E-state index in [9.17, 15) is 4.79 Å². The SMILES string of the molecule is CCC(C)(C)c1ccc(OC(=O)COc2ccc(-c3ccccc3)cc2)cc1. The lowest BCUT2D eigenvalue weighted by Gasteiger charge is -2.23. The van der Waals surface area contributed by atoms with Crippen molar-refractivity contribution >= 4 is 5.97 Å². The van der Waals surface area contributed by atoms with Crippen LogP contribution in [0.2, 0.25) is 0 Å². The number of carbonyl (C=O) groups excluding carboxylic acids is 1. The van der Waals surface area contributed by atoms with Crippen LogP contribution in [0, 0.1) is 0 Å². The highest BCUT2D eigenvalue weighted by atomic mass is 16.6. The lowest BCUT2D eigenvalue weighted by atomic mass is 9.82. The van der Waals surface area contributed by atoms with Crippen molar-refractivity contribution in [2.75, 3.05) is 6.61 Å². The molecule has 0 amide bonds. The molecule has 0 saturated carbocycles. The number of rotatable bonds is 7. The fourth-order valence-corrected chi connectivity index (χ4v) is 2.86. The molecule has 0 aromatic heterocycles. The van der Waals surface area contributed by atoms with Crippen molar-refractivity contribution < 1.29 is 14.3 Å². The Bertz CT molecular complexity index is 895. The third kappa shape index (κ3) is 5.01. The largest absolute Gasteiger partial charge is 0.482 e. The summed E-state index contributed by atoms with van der Waals surface area (Å²) >= 11 is 0. The van der Waals surface area contributed by atoms with Gasteiger partial charge in [0.05, 0.1) is 0 Å². The molecular weight excluding hydrogens is 348 g/mol. The first-order chi connectivity index (χ1) is 13.5. The minimum Gasteiger partial charge on any atom is -0.482 e. The van der Waals surface area contributed by atoms with Gasteiger partial charge in [-0.1, -0.05) is 75.4 Å². The van der Waals surface area contributed by atoms with Crippen LogP contribution in [-0.2, 0) is 10.2 Å². The summed E-state index contributed by atoms with van der Waals surface area (Å²) in [4.78, 5) is 12.1. The molecule has 0 unspecified atom stereocenters. The van der Waals surface area contributed by atoms with Gasteiger partial charge in [0.25, 0.3) is 0 Å². The topological polar surface area (TPSA) is 35.5 Å². The standard InChI is InChI=1S/C25H26O3/c1-4-25(2,3)21-12-16-23(17-13-21)28-24(26)18-27-22-14-10-20(11-15-22)19-8-6-5-7-9-19/h5-17H,4,18H2,1-3H3. The smallest absolute Gasteiger partial charge is 0.349 e. The highest BCUT2D eigenvalue weighted by molar-refractivity contribution is 5.74. The summed E-state index contributed by atoms with van der Waals surface area (Å²) in [6.07, 6.45) is 1.04. The lowest BCUT2D eigenvalue weighted by molar-refractivity contribution is -0.136. The highest BCUT2D eigenvalue weighted by Crippen LogP contribution is 2.28. The molecule has 0 atom stereocenters. The molecule has 0 aliphatic carbocycles. The molecule has 0 fully saturated rings. The molecule has 0 saturated heterocycles. The van der Waals surface area contributed by atoms with Crippen LogP contribution in [0.25, 0.3) is 11.1 Å². The highest BCUT2D eigenvalue weighted by Gasteiger charge is 2.18. The van der Waals surface area contributed by atoms with Crippen molar-refractivity contribution in [3.63, 3.8) is 0 Å². The van der Waals surface area contributed by atoms with E-state index in [0.29, 0.717) is 11.5 Å². The van der Waals surface area contributed by atoms with Crippen molar-refractivity contribution in [2.24, 2.45) is 0 Å². The summed E-state index contributed by atoms with van der Waals surface area (Å²) in [5, 5.41) is 0. The Morgan fingerprint density at radius 2 is 1.36 bits per heavy atom. The summed E-state index contributed by atoms with van der Waals surface area (Å²) in [5.74, 6) is 0.745. The molecule has 3 aromatic rings. The van der Waals surface area contributed by atoms with Crippen LogP contribution >= 0.6 is 0 Å². The third-order valence-corrected chi connectivity index (χ3v) is 5.07. The summed E-state index contributed by atoms with van der Waals surface area (Å²) in [5.41, 5.74) is 3.58. The lowest BCUT2D eigenvalue weighted by Crippen LogP contribution is -2.18. The Morgan fingerprint density at radius 3 is 1.96 bits per heavy atom. The van der Waals surface area contributed by atoms with Gasteiger partial charge in [-0.3, -0.25) is 0 Å². The van der Waals surface area contributed by atoms with E-state index in [-0.39, 0.29) is 12.0 Å². The van der Waals surface area contributed by atoms with Crippen LogP contribution < -0.4 is 9.47 Å². The van der Waals surface area contributed by atoms with Crippen LogP contribution in [0.4, 0.5) is 0 Å². The van der Waals surface area contributed by atoms with Crippen LogP contribution in [0.1, 0.15) is 32.8 Å². The number of hydrogen-bond acceptors (Lipinski definition) is 3. The van der Waals surface area contributed by atoms with Gasteiger partial charge in [-0.25, -0.2) is 4.79 Å². The second-order valence-electron chi connectivity index (χ2n) is 7.41. The Morgan fingerprint density at radius 1 is 0.786 bits per heavy atom. The Hall–Kier alpha value is -3.07. The van der Waals surface area contributed by atoms with E-state index >= 15 is 0 Å². The van der Waals surface area contributed by atoms with Crippen LogP contribution in [-0.4, -0.2) is 12.6 Å². The number of hydrogen-bond donors (Lipinski definition) is 0. The zero-order valence-corrected chi connectivity index (χ0v) is 16.6. The van der Waals surface area contributed by atoms with Crippen LogP contribution in [0.3, 0.4) is 0 Å². The zero-order valence-electron chi connectivity index (χ0n) is 16.6. The average Bonchev–Trinajstić information content (AvgIpc) is 2.74. The second-order valence-corrected chi connectivity index (χ2v) is 7.41. The Labute approximate surface area is 166 Å². The third-order valence-electron chi connectivity index (χ3n) is 5.07. The van der Waals surface area contributed by atoms with Gasteiger partial charge in [0, 0.05) is 0 Å². The van der Waals surface area contributed by atoms with Crippen molar-refractivity contribution in [3.05, 3.63) is 84.4 Å². The predicted molar refractivity (Wildman–Crippen MR) is 113 cm³/mol. The summed E-state index contributed by atoms with van der Waals surface area (Å²) in [7, 11) is 0. The van der Waals surface area contributed by atoms with Crippen LogP contribution in [0.5, 0.6) is 11.5 Å². The van der Waals surface area contributed by atoms with Gasteiger partial charge in [0.2, 0.25) is 0 Å². The zero-order chi connectivity index (χ0) is 20.0. The number of ether oxygens (including phenoxy) is 2. The normalized spacial score (nSPS) is 11.1. The molecule has 0 bridgehead atoms. The van der Waals surface area contributed by atoms with Gasteiger partial charge in [-0.2, -0.15) is 0 Å². The minimum absolute atomic E-state index is 0.109. The van der Waals surface area contributed by atoms with Gasteiger partial charge in [0.1, 0.15) is 11.5 Å². The molecule has 28 heavy (non-hydrogen) atoms. The molecule has 0 spiro atoms. The van der Waals surface area contributed by atoms with Crippen molar-refractivity contribution in [1.29, 1.82) is 0 Å². The van der Waals surface area contributed by atoms with E-state index in [0.717, 1.165) is 17.5 Å². The predicted octanol–water partition coefficient (Wildman–Crippen LogP) is 6.03. The summed E-state index contributed by atoms with van der Waals surface area (Å²) in [6, 6.07) is 25.5. The molecule has 0 N–H and O–H groups in total. The fourth-order valence-electron chi connectivity index (χ4n) is 2.86. The number of esters is 1. The average molecular weight is 374 g/mol. The van der Waals surface area contributed by atoms with E-state index in [1.165, 1.54) is 5.56 Å². The number of benzene rings is 3.